The zero-order chi connectivity index (χ0) is 30.6. The van der Waals surface area contributed by atoms with Crippen molar-refractivity contribution in [3.05, 3.63) is 169 Å². The van der Waals surface area contributed by atoms with E-state index in [4.69, 9.17) is 11.6 Å². The highest BCUT2D eigenvalue weighted by Crippen LogP contribution is 2.45. The van der Waals surface area contributed by atoms with E-state index in [0.717, 1.165) is 33.2 Å². The highest BCUT2D eigenvalue weighted by Gasteiger charge is 2.19. The van der Waals surface area contributed by atoms with E-state index in [2.05, 4.69) is 155 Å². The highest BCUT2D eigenvalue weighted by molar-refractivity contribution is 6.33. The van der Waals surface area contributed by atoms with Crippen molar-refractivity contribution >= 4 is 55.0 Å². The Bertz CT molecular complexity index is 2530. The van der Waals surface area contributed by atoms with Gasteiger partial charge in [-0.15, -0.1) is 0 Å². The number of rotatable bonds is 4. The Morgan fingerprint density at radius 3 is 1.59 bits per heavy atom. The molecule has 0 atom stereocenters. The lowest BCUT2D eigenvalue weighted by molar-refractivity contribution is 1.17. The molecule has 0 fully saturated rings. The van der Waals surface area contributed by atoms with Gasteiger partial charge in [0.05, 0.1) is 27.9 Å². The van der Waals surface area contributed by atoms with Crippen LogP contribution in [0.2, 0.25) is 5.02 Å². The maximum Gasteiger partial charge on any atom is 0.0725 e. The lowest BCUT2D eigenvalue weighted by Crippen LogP contribution is -1.97. The molecule has 2 heterocycles. The molecule has 0 radical (unpaired) electrons. The number of aromatic nitrogens is 2. The van der Waals surface area contributed by atoms with Gasteiger partial charge in [-0.25, -0.2) is 0 Å². The molecule has 7 aromatic carbocycles. The van der Waals surface area contributed by atoms with Crippen LogP contribution in [0.5, 0.6) is 0 Å². The first-order valence-electron chi connectivity index (χ1n) is 15.5. The van der Waals surface area contributed by atoms with E-state index in [-0.39, 0.29) is 0 Å². The molecule has 216 valence electrons. The first kappa shape index (κ1) is 26.7. The zero-order valence-electron chi connectivity index (χ0n) is 24.9. The molecule has 0 bridgehead atoms. The Morgan fingerprint density at radius 1 is 0.413 bits per heavy atom. The summed E-state index contributed by atoms with van der Waals surface area (Å²) in [5.74, 6) is 0. The predicted molar refractivity (Wildman–Crippen MR) is 195 cm³/mol. The Morgan fingerprint density at radius 2 is 0.957 bits per heavy atom. The van der Waals surface area contributed by atoms with Gasteiger partial charge in [0.1, 0.15) is 0 Å². The summed E-state index contributed by atoms with van der Waals surface area (Å²) >= 11 is 7.32. The lowest BCUT2D eigenvalue weighted by Gasteiger charge is -2.18. The van der Waals surface area contributed by atoms with E-state index in [0.29, 0.717) is 5.02 Å². The molecule has 3 heteroatoms. The molecule has 0 aliphatic rings. The van der Waals surface area contributed by atoms with Crippen LogP contribution < -0.4 is 0 Å². The van der Waals surface area contributed by atoms with Crippen LogP contribution in [-0.4, -0.2) is 9.55 Å². The summed E-state index contributed by atoms with van der Waals surface area (Å²) in [6.45, 7) is 0. The second kappa shape index (κ2) is 10.7. The second-order valence-corrected chi connectivity index (χ2v) is 12.1. The van der Waals surface area contributed by atoms with E-state index >= 15 is 0 Å². The Kier molecular flexibility index (Phi) is 6.22. The van der Waals surface area contributed by atoms with E-state index in [9.17, 15) is 0 Å². The fourth-order valence-corrected chi connectivity index (χ4v) is 7.40. The highest BCUT2D eigenvalue weighted by atomic mass is 35.5. The first-order chi connectivity index (χ1) is 22.8. The van der Waals surface area contributed by atoms with Crippen molar-refractivity contribution in [1.29, 1.82) is 0 Å². The summed E-state index contributed by atoms with van der Waals surface area (Å²) in [4.78, 5) is 4.51. The number of hydrogen-bond acceptors (Lipinski definition) is 1. The lowest BCUT2D eigenvalue weighted by atomic mass is 9.86. The van der Waals surface area contributed by atoms with Crippen molar-refractivity contribution in [3.63, 3.8) is 0 Å². The molecule has 9 rings (SSSR count). The van der Waals surface area contributed by atoms with Gasteiger partial charge in [0.15, 0.2) is 0 Å². The summed E-state index contributed by atoms with van der Waals surface area (Å²) in [7, 11) is 0. The van der Waals surface area contributed by atoms with Crippen molar-refractivity contribution in [2.24, 2.45) is 0 Å². The first-order valence-corrected chi connectivity index (χ1v) is 15.9. The molecule has 0 spiro atoms. The van der Waals surface area contributed by atoms with Gasteiger partial charge in [0, 0.05) is 17.0 Å². The van der Waals surface area contributed by atoms with Crippen molar-refractivity contribution in [3.8, 4) is 39.1 Å². The molecular formula is C43H27ClN2. The smallest absolute Gasteiger partial charge is 0.0725 e. The predicted octanol–water partition coefficient (Wildman–Crippen LogP) is 12.1. The molecule has 0 aliphatic carbocycles. The monoisotopic (exact) mass is 606 g/mol. The van der Waals surface area contributed by atoms with Crippen LogP contribution in [0.3, 0.4) is 0 Å². The fourth-order valence-electron chi connectivity index (χ4n) is 7.13. The van der Waals surface area contributed by atoms with E-state index in [1.54, 1.807) is 0 Å². The molecule has 0 amide bonds. The van der Waals surface area contributed by atoms with Crippen molar-refractivity contribution in [2.45, 2.75) is 0 Å². The maximum atomic E-state index is 7.32. The SMILES string of the molecule is Clc1cc(-c2c3ccccc3c(-c3ccccc3)c3ccccc23)ccc1-n1c2cnccc2c2ccc(-c3ccccc3)cc21. The minimum absolute atomic E-state index is 0.686. The average Bonchev–Trinajstić information content (AvgIpc) is 3.44. The fraction of sp³-hybridized carbons (Fsp3) is 0. The van der Waals surface area contributed by atoms with Crippen LogP contribution in [-0.2, 0) is 0 Å². The maximum absolute atomic E-state index is 7.32. The van der Waals surface area contributed by atoms with Gasteiger partial charge >= 0.3 is 0 Å². The van der Waals surface area contributed by atoms with Gasteiger partial charge in [-0.2, -0.15) is 0 Å². The number of hydrogen-bond donors (Lipinski definition) is 0. The average molecular weight is 607 g/mol. The van der Waals surface area contributed by atoms with Gasteiger partial charge in [0.25, 0.3) is 0 Å². The third-order valence-electron chi connectivity index (χ3n) is 9.15. The Balaban J connectivity index is 1.29. The minimum atomic E-state index is 0.686. The second-order valence-electron chi connectivity index (χ2n) is 11.7. The molecular weight excluding hydrogens is 580 g/mol. The van der Waals surface area contributed by atoms with Gasteiger partial charge < -0.3 is 4.57 Å². The number of nitrogens with zero attached hydrogens (tertiary/aromatic N) is 2. The van der Waals surface area contributed by atoms with E-state index in [1.807, 2.05) is 18.5 Å². The van der Waals surface area contributed by atoms with Crippen molar-refractivity contribution in [2.75, 3.05) is 0 Å². The molecule has 2 aromatic heterocycles. The molecule has 2 nitrogen and oxygen atoms in total. The molecule has 0 saturated carbocycles. The number of fused-ring (bicyclic) bond motifs is 5. The van der Waals surface area contributed by atoms with Crippen LogP contribution in [0, 0.1) is 0 Å². The van der Waals surface area contributed by atoms with Crippen LogP contribution >= 0.6 is 11.6 Å². The summed E-state index contributed by atoms with van der Waals surface area (Å²) in [5.41, 5.74) is 10.1. The third-order valence-corrected chi connectivity index (χ3v) is 9.45. The molecule has 46 heavy (non-hydrogen) atoms. The number of benzene rings is 7. The third kappa shape index (κ3) is 4.15. The van der Waals surface area contributed by atoms with E-state index in [1.165, 1.54) is 49.2 Å². The summed E-state index contributed by atoms with van der Waals surface area (Å²) in [6, 6.07) is 53.9. The molecule has 0 saturated heterocycles. The quantitative estimate of drug-likeness (QED) is 0.182. The molecule has 0 aliphatic heterocycles. The Hall–Kier alpha value is -5.70. The summed E-state index contributed by atoms with van der Waals surface area (Å²) in [6.07, 6.45) is 3.79. The molecule has 0 N–H and O–H groups in total. The standard InChI is InChI=1S/C43H27ClN2/c44-38-25-31(43-36-17-9-7-15-34(36)42(29-13-5-2-6-14-29)35-16-8-10-18-37(35)43)20-22-39(38)46-40-26-30(28-11-3-1-4-12-28)19-21-32(40)33-23-24-45-27-41(33)46/h1-27H. The number of pyridine rings is 1. The van der Waals surface area contributed by atoms with Crippen molar-refractivity contribution in [1.82, 2.24) is 9.55 Å². The van der Waals surface area contributed by atoms with Crippen LogP contribution in [0.1, 0.15) is 0 Å². The van der Waals surface area contributed by atoms with Crippen LogP contribution in [0.4, 0.5) is 0 Å². The largest absolute Gasteiger partial charge is 0.306 e. The minimum Gasteiger partial charge on any atom is -0.306 e. The van der Waals surface area contributed by atoms with Gasteiger partial charge in [-0.05, 0) is 79.2 Å². The van der Waals surface area contributed by atoms with Gasteiger partial charge in [-0.1, -0.05) is 139 Å². The van der Waals surface area contributed by atoms with Gasteiger partial charge in [-0.3, -0.25) is 4.98 Å². The topological polar surface area (TPSA) is 17.8 Å². The Labute approximate surface area is 271 Å². The summed E-state index contributed by atoms with van der Waals surface area (Å²) < 4.78 is 2.25. The molecule has 0 unspecified atom stereocenters. The van der Waals surface area contributed by atoms with Gasteiger partial charge in [0.2, 0.25) is 0 Å². The van der Waals surface area contributed by atoms with Crippen molar-refractivity contribution < 1.29 is 0 Å². The van der Waals surface area contributed by atoms with Crippen LogP contribution in [0.25, 0.3) is 82.4 Å². The normalized spacial score (nSPS) is 11.6. The number of halogens is 1. The zero-order valence-corrected chi connectivity index (χ0v) is 25.6. The summed E-state index contributed by atoms with van der Waals surface area (Å²) in [5, 5.41) is 7.87. The van der Waals surface area contributed by atoms with E-state index < -0.39 is 0 Å². The molecule has 9 aromatic rings. The van der Waals surface area contributed by atoms with Crippen LogP contribution in [0.15, 0.2) is 164 Å².